The number of imidazole rings is 2. The molecule has 0 saturated heterocycles. The molecule has 0 aromatic carbocycles. The molecule has 0 aliphatic carbocycles. The molecule has 0 unspecified atom stereocenters. The maximum absolute atomic E-state index is 10.9. The predicted molar refractivity (Wildman–Crippen MR) is 180 cm³/mol. The Morgan fingerprint density at radius 3 is 1.45 bits per heavy atom. The zero-order valence-electron chi connectivity index (χ0n) is 28.5. The molecule has 0 atom stereocenters. The number of aromatic nitrogens is 6. The van der Waals surface area contributed by atoms with Gasteiger partial charge >= 0.3 is 0 Å². The normalized spacial score (nSPS) is 10.9. The number of amides is 2. The summed E-state index contributed by atoms with van der Waals surface area (Å²) in [7, 11) is 0. The molecule has 4 aromatic rings. The number of nitrogens with one attached hydrogen (secondary N) is 2. The van der Waals surface area contributed by atoms with Crippen LogP contribution in [0.5, 0.6) is 0 Å². The summed E-state index contributed by atoms with van der Waals surface area (Å²) >= 11 is 0. The van der Waals surface area contributed by atoms with E-state index in [1.165, 1.54) is 13.8 Å². The number of ether oxygens (including phenoxy) is 2. The molecule has 4 rings (SSSR count). The summed E-state index contributed by atoms with van der Waals surface area (Å²) in [5.74, 6) is 2.63. The number of unbranched alkanes of at least 4 members (excludes halogenated alkanes) is 2. The minimum Gasteiger partial charge on any atom is -0.382 e. The van der Waals surface area contributed by atoms with Crippen LogP contribution in [0, 0.1) is 13.8 Å². The Morgan fingerprint density at radius 1 is 0.723 bits per heavy atom. The van der Waals surface area contributed by atoms with Crippen molar-refractivity contribution in [3.8, 4) is 0 Å². The Kier molecular flexibility index (Phi) is 16.8. The zero-order chi connectivity index (χ0) is 33.6. The van der Waals surface area contributed by atoms with Crippen LogP contribution in [-0.2, 0) is 66.4 Å². The van der Waals surface area contributed by atoms with Gasteiger partial charge in [0.25, 0.3) is 0 Å². The van der Waals surface area contributed by atoms with E-state index >= 15 is 0 Å². The van der Waals surface area contributed by atoms with Crippen molar-refractivity contribution in [2.45, 2.75) is 93.5 Å². The monoisotopic (exact) mass is 822 g/mol. The van der Waals surface area contributed by atoms with Gasteiger partial charge in [0, 0.05) is 86.7 Å². The molecule has 0 spiro atoms. The van der Waals surface area contributed by atoms with Gasteiger partial charge < -0.3 is 40.7 Å². The summed E-state index contributed by atoms with van der Waals surface area (Å²) in [5, 5.41) is 5.63. The fourth-order valence-electron chi connectivity index (χ4n) is 5.14. The number of nitrogens with two attached hydrogens (primary N) is 2. The number of pyridine rings is 2. The molecule has 0 saturated carbocycles. The van der Waals surface area contributed by atoms with Crippen LogP contribution in [0.15, 0.2) is 12.4 Å². The van der Waals surface area contributed by atoms with Crippen molar-refractivity contribution in [1.29, 1.82) is 0 Å². The first-order chi connectivity index (χ1) is 22.1. The van der Waals surface area contributed by atoms with Gasteiger partial charge in [-0.3, -0.25) is 9.59 Å². The van der Waals surface area contributed by atoms with Gasteiger partial charge in [0.1, 0.15) is 35.9 Å². The van der Waals surface area contributed by atoms with E-state index < -0.39 is 0 Å². The van der Waals surface area contributed by atoms with Crippen molar-refractivity contribution in [2.75, 3.05) is 37.8 Å². The van der Waals surface area contributed by atoms with E-state index in [0.717, 1.165) is 83.6 Å². The van der Waals surface area contributed by atoms with E-state index in [0.29, 0.717) is 51.2 Å². The molecule has 2 amide bonds. The van der Waals surface area contributed by atoms with E-state index in [1.807, 2.05) is 27.7 Å². The average molecular weight is 823 g/mol. The first-order valence-corrected chi connectivity index (χ1v) is 15.9. The smallest absolute Gasteiger partial charge is 0.216 e. The Morgan fingerprint density at radius 2 is 1.11 bits per heavy atom. The van der Waals surface area contributed by atoms with Crippen molar-refractivity contribution in [3.05, 3.63) is 35.2 Å². The molecule has 15 heteroatoms. The SMILES string of the molecule is CCOCc1nc2c(N)ncc(C)c2n1CCCCNC(C)=O.CCOCc1nc2c(N)ncc(C)c2n1CCCCNC(C)=O.[W]. The van der Waals surface area contributed by atoms with Gasteiger partial charge in [0.15, 0.2) is 11.6 Å². The molecule has 258 valence electrons. The molecule has 4 aromatic heterocycles. The van der Waals surface area contributed by atoms with Crippen LogP contribution in [0.1, 0.15) is 76.2 Å². The van der Waals surface area contributed by atoms with Gasteiger partial charge in [-0.05, 0) is 64.5 Å². The van der Waals surface area contributed by atoms with Crippen molar-refractivity contribution in [1.82, 2.24) is 39.7 Å². The number of rotatable bonds is 16. The van der Waals surface area contributed by atoms with E-state index in [1.54, 1.807) is 12.4 Å². The molecule has 4 heterocycles. The molecule has 6 N–H and O–H groups in total. The van der Waals surface area contributed by atoms with Crippen LogP contribution >= 0.6 is 0 Å². The number of carbonyl (C=O) groups is 2. The summed E-state index contributed by atoms with van der Waals surface area (Å²) in [4.78, 5) is 39.4. The summed E-state index contributed by atoms with van der Waals surface area (Å²) in [6, 6.07) is 0. The van der Waals surface area contributed by atoms with Gasteiger partial charge in [-0.25, -0.2) is 19.9 Å². The second-order valence-electron chi connectivity index (χ2n) is 11.1. The average Bonchev–Trinajstić information content (AvgIpc) is 3.58. The summed E-state index contributed by atoms with van der Waals surface area (Å²) in [6.07, 6.45) is 7.24. The number of hydrogen-bond acceptors (Lipinski definition) is 10. The van der Waals surface area contributed by atoms with E-state index in [9.17, 15) is 9.59 Å². The molecule has 0 bridgehead atoms. The van der Waals surface area contributed by atoms with E-state index in [2.05, 4.69) is 39.7 Å². The maximum Gasteiger partial charge on any atom is 0.216 e. The van der Waals surface area contributed by atoms with Crippen LogP contribution in [0.2, 0.25) is 0 Å². The van der Waals surface area contributed by atoms with E-state index in [4.69, 9.17) is 20.9 Å². The molecule has 14 nitrogen and oxygen atoms in total. The van der Waals surface area contributed by atoms with Crippen molar-refractivity contribution in [2.24, 2.45) is 0 Å². The first-order valence-electron chi connectivity index (χ1n) is 15.9. The molecule has 0 fully saturated rings. The molecule has 0 aliphatic rings. The minimum absolute atomic E-state index is 0. The van der Waals surface area contributed by atoms with Crippen molar-refractivity contribution >= 4 is 45.5 Å². The third kappa shape index (κ3) is 11.3. The van der Waals surface area contributed by atoms with Crippen LogP contribution in [-0.4, -0.2) is 67.2 Å². The largest absolute Gasteiger partial charge is 0.382 e. The Labute approximate surface area is 291 Å². The number of anilines is 2. The molecule has 47 heavy (non-hydrogen) atoms. The number of nitrogens with zero attached hydrogens (tertiary/aromatic N) is 6. The first kappa shape index (κ1) is 39.6. The van der Waals surface area contributed by atoms with Crippen LogP contribution in [0.3, 0.4) is 0 Å². The minimum atomic E-state index is 0. The van der Waals surface area contributed by atoms with Crippen LogP contribution in [0.25, 0.3) is 22.1 Å². The third-order valence-electron chi connectivity index (χ3n) is 7.36. The van der Waals surface area contributed by atoms with Gasteiger partial charge in [0.2, 0.25) is 11.8 Å². The van der Waals surface area contributed by atoms with Crippen molar-refractivity contribution < 1.29 is 40.1 Å². The van der Waals surface area contributed by atoms with Gasteiger partial charge in [-0.2, -0.15) is 0 Å². The van der Waals surface area contributed by atoms with Gasteiger partial charge in [-0.1, -0.05) is 0 Å². The number of carbonyl (C=O) groups excluding carboxylic acids is 2. The predicted octanol–water partition coefficient (Wildman–Crippen LogP) is 3.55. The Balaban J connectivity index is 0.000000320. The molecular formula is C32H50N10O4W. The van der Waals surface area contributed by atoms with Crippen LogP contribution in [0.4, 0.5) is 11.6 Å². The molecular weight excluding hydrogens is 772 g/mol. The van der Waals surface area contributed by atoms with Crippen molar-refractivity contribution in [3.63, 3.8) is 0 Å². The Bertz CT molecular complexity index is 1490. The zero-order valence-corrected chi connectivity index (χ0v) is 31.5. The molecule has 0 radical (unpaired) electrons. The maximum atomic E-state index is 10.9. The van der Waals surface area contributed by atoms with Gasteiger partial charge in [0.05, 0.1) is 11.0 Å². The third-order valence-corrected chi connectivity index (χ3v) is 7.36. The number of nitrogen functional groups attached to an aromatic ring is 2. The van der Waals surface area contributed by atoms with Crippen LogP contribution < -0.4 is 22.1 Å². The summed E-state index contributed by atoms with van der Waals surface area (Å²) in [5.41, 5.74) is 17.6. The second kappa shape index (κ2) is 19.9. The van der Waals surface area contributed by atoms with Gasteiger partial charge in [-0.15, -0.1) is 0 Å². The summed E-state index contributed by atoms with van der Waals surface area (Å²) < 4.78 is 15.4. The number of hydrogen-bond donors (Lipinski definition) is 4. The molecule has 0 aliphatic heterocycles. The topological polar surface area (TPSA) is 190 Å². The fourth-order valence-corrected chi connectivity index (χ4v) is 5.14. The quantitative estimate of drug-likeness (QED) is 0.122. The number of fused-ring (bicyclic) bond motifs is 2. The number of aryl methyl sites for hydroxylation is 4. The van der Waals surface area contributed by atoms with E-state index in [-0.39, 0.29) is 32.9 Å². The fraction of sp³-hybridized carbons (Fsp3) is 0.562. The standard InChI is InChI=1S/2C16H25N5O2.W/c2*1-4-23-10-13-20-14-15(11(2)9-19-16(14)17)21(13)8-6-5-7-18-12(3)22;/h2*9H,4-8,10H2,1-3H3,(H2,17,19)(H,18,22);. The summed E-state index contributed by atoms with van der Waals surface area (Å²) in [6.45, 7) is 16.2. The second-order valence-corrected chi connectivity index (χ2v) is 11.1. The Hall–Kier alpha value is -3.61.